The second-order valence-electron chi connectivity index (χ2n) is 5.33. The van der Waals surface area contributed by atoms with E-state index in [9.17, 15) is 4.79 Å². The predicted molar refractivity (Wildman–Crippen MR) is 79.2 cm³/mol. The molecule has 5 heteroatoms. The monoisotopic (exact) mass is 275 g/mol. The van der Waals surface area contributed by atoms with E-state index in [-0.39, 0.29) is 0 Å². The molecule has 0 spiro atoms. The van der Waals surface area contributed by atoms with Gasteiger partial charge in [0.15, 0.2) is 0 Å². The topological polar surface area (TPSA) is 58.4 Å². The van der Waals surface area contributed by atoms with Gasteiger partial charge >= 0.3 is 5.97 Å². The van der Waals surface area contributed by atoms with Crippen LogP contribution >= 0.6 is 0 Å². The minimum atomic E-state index is -0.898. The van der Waals surface area contributed by atoms with Gasteiger partial charge in [-0.3, -0.25) is 0 Å². The summed E-state index contributed by atoms with van der Waals surface area (Å²) >= 11 is 0. The van der Waals surface area contributed by atoms with Gasteiger partial charge in [0.25, 0.3) is 0 Å². The average Bonchev–Trinajstić information content (AvgIpc) is 2.69. The van der Waals surface area contributed by atoms with Crippen molar-refractivity contribution in [1.82, 2.24) is 14.5 Å². The number of aromatic nitrogens is 2. The maximum absolute atomic E-state index is 11.1. The molecule has 0 unspecified atom stereocenters. The number of carboxylic acids is 1. The van der Waals surface area contributed by atoms with E-state index in [0.29, 0.717) is 5.56 Å². The standard InChI is InChI=1S/C15H21N3O2/c1-11-16-13-7-6-12(15(19)20)10-14(13)18(11)9-5-4-8-17(2)3/h6-7,10H,4-5,8-9H2,1-3H3,(H,19,20). The summed E-state index contributed by atoms with van der Waals surface area (Å²) in [4.78, 5) is 17.7. The molecule has 2 aromatic rings. The van der Waals surface area contributed by atoms with Crippen LogP contribution < -0.4 is 0 Å². The average molecular weight is 275 g/mol. The van der Waals surface area contributed by atoms with Gasteiger partial charge in [-0.25, -0.2) is 9.78 Å². The lowest BCUT2D eigenvalue weighted by Crippen LogP contribution is -2.13. The quantitative estimate of drug-likeness (QED) is 0.822. The van der Waals surface area contributed by atoms with E-state index in [0.717, 1.165) is 42.8 Å². The van der Waals surface area contributed by atoms with Gasteiger partial charge < -0.3 is 14.6 Å². The SMILES string of the molecule is Cc1nc2ccc(C(=O)O)cc2n1CCCCN(C)C. The highest BCUT2D eigenvalue weighted by Crippen LogP contribution is 2.18. The number of carboxylic acid groups (broad SMARTS) is 1. The molecule has 0 fully saturated rings. The first-order valence-electron chi connectivity index (χ1n) is 6.84. The van der Waals surface area contributed by atoms with E-state index in [2.05, 4.69) is 28.5 Å². The lowest BCUT2D eigenvalue weighted by molar-refractivity contribution is 0.0697. The number of rotatable bonds is 6. The molecule has 108 valence electrons. The smallest absolute Gasteiger partial charge is 0.335 e. The van der Waals surface area contributed by atoms with E-state index in [1.165, 1.54) is 0 Å². The normalized spacial score (nSPS) is 11.4. The number of aryl methyl sites for hydroxylation is 2. The zero-order valence-corrected chi connectivity index (χ0v) is 12.3. The summed E-state index contributed by atoms with van der Waals surface area (Å²) in [6.45, 7) is 3.90. The number of hydrogen-bond acceptors (Lipinski definition) is 3. The second-order valence-corrected chi connectivity index (χ2v) is 5.33. The second kappa shape index (κ2) is 6.05. The van der Waals surface area contributed by atoms with E-state index < -0.39 is 5.97 Å². The highest BCUT2D eigenvalue weighted by molar-refractivity contribution is 5.92. The maximum Gasteiger partial charge on any atom is 0.335 e. The van der Waals surface area contributed by atoms with E-state index in [1.807, 2.05) is 6.92 Å². The third kappa shape index (κ3) is 3.17. The maximum atomic E-state index is 11.1. The molecule has 0 aliphatic rings. The van der Waals surface area contributed by atoms with Crippen LogP contribution in [0.1, 0.15) is 29.0 Å². The largest absolute Gasteiger partial charge is 0.478 e. The van der Waals surface area contributed by atoms with Crippen molar-refractivity contribution in [3.63, 3.8) is 0 Å². The van der Waals surface area contributed by atoms with Crippen LogP contribution in [0.25, 0.3) is 11.0 Å². The van der Waals surface area contributed by atoms with Crippen molar-refractivity contribution in [3.8, 4) is 0 Å². The Morgan fingerprint density at radius 1 is 1.35 bits per heavy atom. The van der Waals surface area contributed by atoms with Gasteiger partial charge in [-0.15, -0.1) is 0 Å². The van der Waals surface area contributed by atoms with Crippen molar-refractivity contribution in [2.24, 2.45) is 0 Å². The first-order chi connectivity index (χ1) is 9.49. The zero-order chi connectivity index (χ0) is 14.7. The number of aromatic carboxylic acids is 1. The van der Waals surface area contributed by atoms with Crippen LogP contribution in [0.2, 0.25) is 0 Å². The van der Waals surface area contributed by atoms with Gasteiger partial charge in [0.05, 0.1) is 16.6 Å². The molecule has 1 aromatic carbocycles. The Kier molecular flexibility index (Phi) is 4.39. The van der Waals surface area contributed by atoms with Crippen molar-refractivity contribution in [2.75, 3.05) is 20.6 Å². The Morgan fingerprint density at radius 2 is 2.10 bits per heavy atom. The summed E-state index contributed by atoms with van der Waals surface area (Å²) in [5.41, 5.74) is 2.08. The molecule has 0 saturated heterocycles. The number of unbranched alkanes of at least 4 members (excludes halogenated alkanes) is 1. The highest BCUT2D eigenvalue weighted by Gasteiger charge is 2.10. The summed E-state index contributed by atoms with van der Waals surface area (Å²) in [6, 6.07) is 5.10. The molecule has 0 saturated carbocycles. The number of imidazole rings is 1. The fourth-order valence-electron chi connectivity index (χ4n) is 2.36. The molecule has 0 aliphatic heterocycles. The fraction of sp³-hybridized carbons (Fsp3) is 0.467. The summed E-state index contributed by atoms with van der Waals surface area (Å²) in [6.07, 6.45) is 2.17. The van der Waals surface area contributed by atoms with E-state index in [4.69, 9.17) is 5.11 Å². The van der Waals surface area contributed by atoms with Crippen LogP contribution in [0.15, 0.2) is 18.2 Å². The number of nitrogens with zero attached hydrogens (tertiary/aromatic N) is 3. The number of hydrogen-bond donors (Lipinski definition) is 1. The molecule has 1 heterocycles. The molecule has 0 aliphatic carbocycles. The van der Waals surface area contributed by atoms with Crippen molar-refractivity contribution < 1.29 is 9.90 Å². The van der Waals surface area contributed by atoms with Gasteiger partial charge in [0.1, 0.15) is 5.82 Å². The van der Waals surface area contributed by atoms with Crippen LogP contribution in [0.4, 0.5) is 0 Å². The minimum Gasteiger partial charge on any atom is -0.478 e. The zero-order valence-electron chi connectivity index (χ0n) is 12.3. The molecule has 0 radical (unpaired) electrons. The molecule has 2 rings (SSSR count). The lowest BCUT2D eigenvalue weighted by atomic mass is 10.2. The van der Waals surface area contributed by atoms with Crippen LogP contribution in [0.5, 0.6) is 0 Å². The molecule has 1 N–H and O–H groups in total. The summed E-state index contributed by atoms with van der Waals surface area (Å²) in [5, 5.41) is 9.08. The van der Waals surface area contributed by atoms with E-state index in [1.54, 1.807) is 18.2 Å². The van der Waals surface area contributed by atoms with Crippen LogP contribution in [0.3, 0.4) is 0 Å². The van der Waals surface area contributed by atoms with Crippen LogP contribution in [-0.2, 0) is 6.54 Å². The number of fused-ring (bicyclic) bond motifs is 1. The molecule has 5 nitrogen and oxygen atoms in total. The molecule has 0 bridgehead atoms. The highest BCUT2D eigenvalue weighted by atomic mass is 16.4. The minimum absolute atomic E-state index is 0.312. The Morgan fingerprint density at radius 3 is 2.75 bits per heavy atom. The Bertz CT molecular complexity index is 617. The molecule has 20 heavy (non-hydrogen) atoms. The summed E-state index contributed by atoms with van der Waals surface area (Å²) < 4.78 is 2.11. The number of carbonyl (C=O) groups is 1. The van der Waals surface area contributed by atoms with Gasteiger partial charge in [-0.2, -0.15) is 0 Å². The fourth-order valence-corrected chi connectivity index (χ4v) is 2.36. The first kappa shape index (κ1) is 14.5. The first-order valence-corrected chi connectivity index (χ1v) is 6.84. The molecule has 1 aromatic heterocycles. The molecular formula is C15H21N3O2. The van der Waals surface area contributed by atoms with Gasteiger partial charge in [0, 0.05) is 6.54 Å². The van der Waals surface area contributed by atoms with Gasteiger partial charge in [-0.05, 0) is 58.6 Å². The van der Waals surface area contributed by atoms with Crippen LogP contribution in [-0.4, -0.2) is 46.2 Å². The Labute approximate surface area is 118 Å². The van der Waals surface area contributed by atoms with E-state index >= 15 is 0 Å². The van der Waals surface area contributed by atoms with Gasteiger partial charge in [-0.1, -0.05) is 0 Å². The third-order valence-corrected chi connectivity index (χ3v) is 3.42. The Balaban J connectivity index is 2.20. The van der Waals surface area contributed by atoms with Crippen molar-refractivity contribution in [2.45, 2.75) is 26.3 Å². The van der Waals surface area contributed by atoms with Crippen LogP contribution in [0, 0.1) is 6.92 Å². The molecule has 0 amide bonds. The third-order valence-electron chi connectivity index (χ3n) is 3.42. The number of benzene rings is 1. The lowest BCUT2D eigenvalue weighted by Gasteiger charge is -2.10. The summed E-state index contributed by atoms with van der Waals surface area (Å²) in [7, 11) is 4.13. The molecular weight excluding hydrogens is 254 g/mol. The molecule has 0 atom stereocenters. The van der Waals surface area contributed by atoms with Crippen molar-refractivity contribution >= 4 is 17.0 Å². The Hall–Kier alpha value is -1.88. The van der Waals surface area contributed by atoms with Crippen molar-refractivity contribution in [3.05, 3.63) is 29.6 Å². The van der Waals surface area contributed by atoms with Crippen molar-refractivity contribution in [1.29, 1.82) is 0 Å². The van der Waals surface area contributed by atoms with Gasteiger partial charge in [0.2, 0.25) is 0 Å². The predicted octanol–water partition coefficient (Wildman–Crippen LogP) is 2.38. The summed E-state index contributed by atoms with van der Waals surface area (Å²) in [5.74, 6) is 0.0392.